The number of nitrogens with zero attached hydrogens (tertiary/aromatic N) is 5. The van der Waals surface area contributed by atoms with Crippen LogP contribution in [-0.2, 0) is 12.8 Å². The second kappa shape index (κ2) is 4.53. The van der Waals surface area contributed by atoms with Crippen molar-refractivity contribution in [1.29, 1.82) is 0 Å². The Labute approximate surface area is 182 Å². The molecule has 0 saturated carbocycles. The van der Waals surface area contributed by atoms with Crippen molar-refractivity contribution < 1.29 is 13.9 Å². The van der Waals surface area contributed by atoms with E-state index >= 15 is 0 Å². The summed E-state index contributed by atoms with van der Waals surface area (Å²) in [6.07, 6.45) is 4.35. The molecule has 4 aromatic heterocycles. The number of aromatic nitrogens is 5. The fraction of sp³-hybridized carbons (Fsp3) is 0.115. The minimum atomic E-state index is -0.651. The first-order chi connectivity index (χ1) is 15.7. The molecule has 1 atom stereocenters. The van der Waals surface area contributed by atoms with Crippen LogP contribution in [0.3, 0.4) is 0 Å². The number of hydrogen-bond donors (Lipinski definition) is 0. The number of hydrogen-bond acceptors (Lipinski definition) is 2. The van der Waals surface area contributed by atoms with E-state index in [1.807, 2.05) is 0 Å². The first kappa shape index (κ1) is 15.6. The first-order valence-electron chi connectivity index (χ1n) is 10.9. The highest BCUT2D eigenvalue weighted by Gasteiger charge is 2.65. The Morgan fingerprint density at radius 3 is 2.88 bits per heavy atom. The van der Waals surface area contributed by atoms with E-state index in [4.69, 9.17) is 9.84 Å². The highest BCUT2D eigenvalue weighted by atomic mass is 16.5. The summed E-state index contributed by atoms with van der Waals surface area (Å²) in [4.78, 5) is 0. The van der Waals surface area contributed by atoms with Gasteiger partial charge in [0.15, 0.2) is 6.20 Å². The van der Waals surface area contributed by atoms with Gasteiger partial charge in [0.25, 0.3) is 0 Å². The molecule has 9 rings (SSSR count). The summed E-state index contributed by atoms with van der Waals surface area (Å²) in [5.74, 6) is 1.08. The Hall–Kier alpha value is -4.19. The van der Waals surface area contributed by atoms with Crippen LogP contribution in [0.2, 0.25) is 0 Å². The van der Waals surface area contributed by atoms with Crippen molar-refractivity contribution in [2.75, 3.05) is 0 Å². The van der Waals surface area contributed by atoms with E-state index < -0.39 is 5.79 Å². The number of pyridine rings is 2. The van der Waals surface area contributed by atoms with Gasteiger partial charge in [0.05, 0.1) is 28.0 Å². The van der Waals surface area contributed by atoms with Crippen molar-refractivity contribution in [3.63, 3.8) is 0 Å². The van der Waals surface area contributed by atoms with Crippen LogP contribution in [-0.4, -0.2) is 14.3 Å². The zero-order valence-electron chi connectivity index (χ0n) is 17.5. The Morgan fingerprint density at radius 1 is 1.00 bits per heavy atom. The molecule has 6 aromatic rings. The largest absolute Gasteiger partial charge is 0.404 e. The lowest BCUT2D eigenvalue weighted by Crippen LogP contribution is -2.64. The number of aryl methyl sites for hydroxylation is 2. The van der Waals surface area contributed by atoms with Crippen LogP contribution in [0.4, 0.5) is 0 Å². The monoisotopic (exact) mass is 415 g/mol. The predicted octanol–water partition coefficient (Wildman–Crippen LogP) is 3.72. The van der Waals surface area contributed by atoms with Gasteiger partial charge in [-0.05, 0) is 48.7 Å². The summed E-state index contributed by atoms with van der Waals surface area (Å²) in [5.41, 5.74) is 6.90. The smallest absolute Gasteiger partial charge is 0.385 e. The normalized spacial score (nSPS) is 18.7. The average Bonchev–Trinajstić information content (AvgIpc) is 3.52. The lowest BCUT2D eigenvalue weighted by molar-refractivity contribution is -0.755. The summed E-state index contributed by atoms with van der Waals surface area (Å²) in [6, 6.07) is 19.4. The van der Waals surface area contributed by atoms with Gasteiger partial charge in [0.1, 0.15) is 24.1 Å². The van der Waals surface area contributed by atoms with E-state index in [0.717, 1.165) is 28.7 Å². The van der Waals surface area contributed by atoms with Crippen LogP contribution in [0.15, 0.2) is 67.0 Å². The first-order valence-corrected chi connectivity index (χ1v) is 10.9. The van der Waals surface area contributed by atoms with Crippen molar-refractivity contribution in [1.82, 2.24) is 14.3 Å². The molecule has 0 N–H and O–H groups in total. The van der Waals surface area contributed by atoms with Gasteiger partial charge in [-0.15, -0.1) is 4.57 Å². The third-order valence-electron chi connectivity index (χ3n) is 7.56. The molecule has 0 aliphatic carbocycles. The molecule has 1 spiro atoms. The molecule has 1 unspecified atom stereocenters. The van der Waals surface area contributed by atoms with Gasteiger partial charge in [-0.1, -0.05) is 0 Å². The van der Waals surface area contributed by atoms with Crippen molar-refractivity contribution in [3.05, 3.63) is 78.2 Å². The Kier molecular flexibility index (Phi) is 2.21. The Bertz CT molecular complexity index is 1890. The topological polar surface area (TPSA) is 39.7 Å². The lowest BCUT2D eigenvalue weighted by atomic mass is 9.96. The number of ether oxygens (including phenoxy) is 1. The highest BCUT2D eigenvalue weighted by molar-refractivity contribution is 6.25. The molecular weight excluding hydrogens is 398 g/mol. The van der Waals surface area contributed by atoms with Crippen LogP contribution in [0.1, 0.15) is 11.3 Å². The van der Waals surface area contributed by atoms with Gasteiger partial charge in [0, 0.05) is 23.7 Å². The molecule has 7 heterocycles. The van der Waals surface area contributed by atoms with Gasteiger partial charge in [0.2, 0.25) is 11.2 Å². The predicted molar refractivity (Wildman–Crippen MR) is 119 cm³/mol. The van der Waals surface area contributed by atoms with Crippen molar-refractivity contribution in [2.45, 2.75) is 12.7 Å². The molecule has 2 aromatic carbocycles. The lowest BCUT2D eigenvalue weighted by Gasteiger charge is -2.30. The molecule has 0 radical (unpaired) electrons. The maximum atomic E-state index is 6.53. The second-order valence-corrected chi connectivity index (χ2v) is 9.10. The highest BCUT2D eigenvalue weighted by Crippen LogP contribution is 2.55. The van der Waals surface area contributed by atoms with Gasteiger partial charge < -0.3 is 4.74 Å². The van der Waals surface area contributed by atoms with Crippen LogP contribution in [0.5, 0.6) is 11.6 Å². The molecule has 3 aliphatic heterocycles. The molecule has 0 fully saturated rings. The Balaban J connectivity index is 1.66. The molecule has 3 aliphatic rings. The molecule has 0 bridgehead atoms. The van der Waals surface area contributed by atoms with Crippen LogP contribution in [0, 0.1) is 6.92 Å². The Morgan fingerprint density at radius 2 is 1.94 bits per heavy atom. The number of fused-ring (bicyclic) bond motifs is 5. The van der Waals surface area contributed by atoms with E-state index in [2.05, 4.69) is 99.3 Å². The van der Waals surface area contributed by atoms with Crippen molar-refractivity contribution in [3.8, 4) is 23.0 Å². The van der Waals surface area contributed by atoms with Crippen LogP contribution < -0.4 is 13.9 Å². The molecule has 6 nitrogen and oxygen atoms in total. The molecule has 150 valence electrons. The van der Waals surface area contributed by atoms with Crippen molar-refractivity contribution >= 4 is 32.6 Å². The molecule has 0 amide bonds. The van der Waals surface area contributed by atoms with E-state index in [1.165, 1.54) is 38.1 Å². The standard InChI is InChI=1S/C26H17N5O/c1-14-13-19-18-6-3-7-21-30(18)26(31(19)27-14)23-20(32-21)9-8-15-16-10-12-28(2)24(16)17-5-4-11-29(26)25(17)22(15)23/h3-13H,1-2H3/q+2. The average molecular weight is 415 g/mol. The van der Waals surface area contributed by atoms with Gasteiger partial charge in [-0.2, -0.15) is 9.78 Å². The van der Waals surface area contributed by atoms with E-state index in [1.54, 1.807) is 0 Å². The number of benzene rings is 2. The summed E-state index contributed by atoms with van der Waals surface area (Å²) in [5, 5.41) is 10.1. The van der Waals surface area contributed by atoms with Crippen LogP contribution >= 0.6 is 0 Å². The number of rotatable bonds is 0. The summed E-state index contributed by atoms with van der Waals surface area (Å²) < 4.78 is 15.7. The maximum absolute atomic E-state index is 6.53. The molecular formula is C26H17N5O+2. The third kappa shape index (κ3) is 1.32. The summed E-state index contributed by atoms with van der Waals surface area (Å²) in [7, 11) is 2.13. The SMILES string of the molecule is Cc1cc2n(n1)C13c4c(ccc5c6cc[n+](C)c6c6cccn1c6c45)Oc1cccc-2[n+]13. The molecule has 6 heteroatoms. The van der Waals surface area contributed by atoms with Gasteiger partial charge >= 0.3 is 11.7 Å². The molecule has 0 saturated heterocycles. The third-order valence-corrected chi connectivity index (χ3v) is 7.56. The summed E-state index contributed by atoms with van der Waals surface area (Å²) >= 11 is 0. The summed E-state index contributed by atoms with van der Waals surface area (Å²) in [6.45, 7) is 2.07. The molecule has 32 heavy (non-hydrogen) atoms. The fourth-order valence-corrected chi connectivity index (χ4v) is 6.53. The zero-order valence-corrected chi connectivity index (χ0v) is 17.5. The van der Waals surface area contributed by atoms with E-state index in [0.29, 0.717) is 0 Å². The zero-order chi connectivity index (χ0) is 20.9. The minimum absolute atomic E-state index is 0.651. The minimum Gasteiger partial charge on any atom is -0.404 e. The van der Waals surface area contributed by atoms with Crippen LogP contribution in [0.25, 0.3) is 44.0 Å². The van der Waals surface area contributed by atoms with Gasteiger partial charge in [-0.3, -0.25) is 4.57 Å². The maximum Gasteiger partial charge on any atom is 0.385 e. The fourth-order valence-electron chi connectivity index (χ4n) is 6.53. The van der Waals surface area contributed by atoms with Crippen molar-refractivity contribution in [2.24, 2.45) is 7.05 Å². The van der Waals surface area contributed by atoms with E-state index in [9.17, 15) is 0 Å². The van der Waals surface area contributed by atoms with E-state index in [-0.39, 0.29) is 0 Å². The van der Waals surface area contributed by atoms with Gasteiger partial charge in [-0.25, -0.2) is 4.57 Å². The quantitative estimate of drug-likeness (QED) is 0.280. The second-order valence-electron chi connectivity index (χ2n) is 9.10.